The summed E-state index contributed by atoms with van der Waals surface area (Å²) < 4.78 is 14.0. The molecular formula is C8H5FN2O2S. The number of rotatable bonds is 2. The lowest BCUT2D eigenvalue weighted by atomic mass is 10.4. The Hall–Kier alpha value is -1.56. The molecule has 0 aliphatic rings. The van der Waals surface area contributed by atoms with E-state index in [0.29, 0.717) is 16.6 Å². The van der Waals surface area contributed by atoms with Crippen LogP contribution in [0.2, 0.25) is 0 Å². The van der Waals surface area contributed by atoms with Crippen molar-refractivity contribution in [2.75, 3.05) is 0 Å². The topological polar surface area (TPSA) is 52.0 Å². The van der Waals surface area contributed by atoms with Crippen LogP contribution in [0.15, 0.2) is 17.1 Å². The number of pyridine rings is 1. The highest BCUT2D eigenvalue weighted by molar-refractivity contribution is 7.16. The van der Waals surface area contributed by atoms with Crippen LogP contribution < -0.4 is 4.87 Å². The minimum absolute atomic E-state index is 0.0655. The van der Waals surface area contributed by atoms with Crippen molar-refractivity contribution in [1.82, 2.24) is 9.55 Å². The van der Waals surface area contributed by atoms with E-state index in [1.165, 1.54) is 10.6 Å². The van der Waals surface area contributed by atoms with Crippen molar-refractivity contribution in [3.63, 3.8) is 0 Å². The first-order valence-electron chi connectivity index (χ1n) is 3.81. The van der Waals surface area contributed by atoms with Crippen LogP contribution in [0.5, 0.6) is 0 Å². The summed E-state index contributed by atoms with van der Waals surface area (Å²) >= 11 is 0.898. The summed E-state index contributed by atoms with van der Waals surface area (Å²) in [6, 6.07) is 1.20. The van der Waals surface area contributed by atoms with E-state index in [0.717, 1.165) is 17.5 Å². The highest BCUT2D eigenvalue weighted by Crippen LogP contribution is 2.14. The van der Waals surface area contributed by atoms with Crippen LogP contribution in [0, 0.1) is 5.82 Å². The van der Waals surface area contributed by atoms with Gasteiger partial charge < -0.3 is 4.79 Å². The largest absolute Gasteiger partial charge is 0.310 e. The van der Waals surface area contributed by atoms with Gasteiger partial charge in [0.1, 0.15) is 16.9 Å². The molecule has 0 bridgehead atoms. The molecule has 0 unspecified atom stereocenters. The molecule has 0 fully saturated rings. The monoisotopic (exact) mass is 212 g/mol. The van der Waals surface area contributed by atoms with E-state index in [4.69, 9.17) is 0 Å². The van der Waals surface area contributed by atoms with Gasteiger partial charge in [-0.05, 0) is 0 Å². The number of hydrogen-bond acceptors (Lipinski definition) is 4. The standard InChI is InChI=1S/C8H5FN2O2S/c9-5-3-6-7(10-4-5)14-8(13)11(6)1-2-12/h2-4H,1H2. The van der Waals surface area contributed by atoms with Crippen LogP contribution in [0.25, 0.3) is 10.3 Å². The first kappa shape index (κ1) is 9.01. The maximum absolute atomic E-state index is 12.8. The SMILES string of the molecule is O=CCn1c(=O)sc2ncc(F)cc21. The van der Waals surface area contributed by atoms with Crippen molar-refractivity contribution in [2.24, 2.45) is 0 Å². The molecule has 0 radical (unpaired) electrons. The summed E-state index contributed by atoms with van der Waals surface area (Å²) in [6.45, 7) is -0.0655. The Morgan fingerprint density at radius 3 is 3.14 bits per heavy atom. The fraction of sp³-hybridized carbons (Fsp3) is 0.125. The van der Waals surface area contributed by atoms with E-state index in [1.54, 1.807) is 0 Å². The third kappa shape index (κ3) is 1.33. The van der Waals surface area contributed by atoms with Crippen LogP contribution >= 0.6 is 11.3 Å². The zero-order chi connectivity index (χ0) is 10.1. The van der Waals surface area contributed by atoms with Crippen LogP contribution in [-0.4, -0.2) is 15.8 Å². The lowest BCUT2D eigenvalue weighted by Crippen LogP contribution is -2.13. The first-order chi connectivity index (χ1) is 6.72. The van der Waals surface area contributed by atoms with Crippen LogP contribution in [0.4, 0.5) is 4.39 Å². The van der Waals surface area contributed by atoms with E-state index in [-0.39, 0.29) is 11.4 Å². The lowest BCUT2D eigenvalue weighted by molar-refractivity contribution is -0.108. The summed E-state index contributed by atoms with van der Waals surface area (Å²) in [5.74, 6) is -0.519. The predicted molar refractivity (Wildman–Crippen MR) is 49.9 cm³/mol. The van der Waals surface area contributed by atoms with Crippen molar-refractivity contribution in [3.05, 3.63) is 27.7 Å². The quantitative estimate of drug-likeness (QED) is 0.692. The van der Waals surface area contributed by atoms with Crippen molar-refractivity contribution < 1.29 is 9.18 Å². The van der Waals surface area contributed by atoms with Gasteiger partial charge in [0.15, 0.2) is 0 Å². The van der Waals surface area contributed by atoms with Crippen molar-refractivity contribution in [3.8, 4) is 0 Å². The van der Waals surface area contributed by atoms with Gasteiger partial charge in [-0.1, -0.05) is 11.3 Å². The minimum atomic E-state index is -0.519. The number of fused-ring (bicyclic) bond motifs is 1. The molecule has 0 N–H and O–H groups in total. The van der Waals surface area contributed by atoms with E-state index in [2.05, 4.69) is 4.98 Å². The van der Waals surface area contributed by atoms with Gasteiger partial charge in [-0.3, -0.25) is 9.36 Å². The molecular weight excluding hydrogens is 207 g/mol. The summed E-state index contributed by atoms with van der Waals surface area (Å²) in [6.07, 6.45) is 1.64. The molecule has 2 rings (SSSR count). The molecule has 2 heterocycles. The Labute approximate surface area is 81.6 Å². The Morgan fingerprint density at radius 2 is 2.43 bits per heavy atom. The number of halogens is 1. The number of aromatic nitrogens is 2. The molecule has 2 aromatic heterocycles. The van der Waals surface area contributed by atoms with Gasteiger partial charge in [0.2, 0.25) is 0 Å². The number of carbonyl (C=O) groups excluding carboxylic acids is 1. The number of carbonyl (C=O) groups is 1. The summed E-state index contributed by atoms with van der Waals surface area (Å²) in [5.41, 5.74) is 0.368. The molecule has 14 heavy (non-hydrogen) atoms. The first-order valence-corrected chi connectivity index (χ1v) is 4.62. The van der Waals surface area contributed by atoms with Crippen molar-refractivity contribution in [2.45, 2.75) is 6.54 Å². The third-order valence-corrected chi connectivity index (χ3v) is 2.65. The van der Waals surface area contributed by atoms with Crippen LogP contribution in [-0.2, 0) is 11.3 Å². The molecule has 0 aromatic carbocycles. The molecule has 0 spiro atoms. The van der Waals surface area contributed by atoms with E-state index in [1.807, 2.05) is 0 Å². The summed E-state index contributed by atoms with van der Waals surface area (Å²) in [7, 11) is 0. The smallest absolute Gasteiger partial charge is 0.301 e. The Balaban J connectivity index is 2.79. The fourth-order valence-electron chi connectivity index (χ4n) is 1.17. The number of thiazole rings is 1. The molecule has 0 atom stereocenters. The van der Waals surface area contributed by atoms with E-state index in [9.17, 15) is 14.0 Å². The molecule has 0 amide bonds. The van der Waals surface area contributed by atoms with Gasteiger partial charge in [0.25, 0.3) is 0 Å². The Morgan fingerprint density at radius 1 is 1.64 bits per heavy atom. The molecule has 0 aliphatic heterocycles. The molecule has 6 heteroatoms. The highest BCUT2D eigenvalue weighted by Gasteiger charge is 2.08. The van der Waals surface area contributed by atoms with Gasteiger partial charge in [-0.15, -0.1) is 0 Å². The average molecular weight is 212 g/mol. The molecule has 0 saturated carbocycles. The Bertz CT molecular complexity index is 546. The Kier molecular flexibility index (Phi) is 2.12. The zero-order valence-electron chi connectivity index (χ0n) is 6.94. The van der Waals surface area contributed by atoms with Gasteiger partial charge in [-0.2, -0.15) is 0 Å². The van der Waals surface area contributed by atoms with Crippen LogP contribution in [0.1, 0.15) is 0 Å². The maximum Gasteiger partial charge on any atom is 0.310 e. The zero-order valence-corrected chi connectivity index (χ0v) is 7.75. The lowest BCUT2D eigenvalue weighted by Gasteiger charge is -1.95. The van der Waals surface area contributed by atoms with Gasteiger partial charge >= 0.3 is 4.87 Å². The van der Waals surface area contributed by atoms with Crippen LogP contribution in [0.3, 0.4) is 0 Å². The molecule has 72 valence electrons. The van der Waals surface area contributed by atoms with E-state index < -0.39 is 5.82 Å². The summed E-state index contributed by atoms with van der Waals surface area (Å²) in [5, 5.41) is 0. The molecule has 4 nitrogen and oxygen atoms in total. The highest BCUT2D eigenvalue weighted by atomic mass is 32.1. The molecule has 0 aliphatic carbocycles. The predicted octanol–water partition coefficient (Wildman–Crippen LogP) is 0.796. The second-order valence-corrected chi connectivity index (χ2v) is 3.56. The molecule has 0 saturated heterocycles. The maximum atomic E-state index is 12.8. The fourth-order valence-corrected chi connectivity index (χ4v) is 2.00. The summed E-state index contributed by atoms with van der Waals surface area (Å²) in [4.78, 5) is 25.5. The molecule has 2 aromatic rings. The number of aldehydes is 1. The number of hydrogen-bond donors (Lipinski definition) is 0. The third-order valence-electron chi connectivity index (χ3n) is 1.75. The van der Waals surface area contributed by atoms with E-state index >= 15 is 0 Å². The minimum Gasteiger partial charge on any atom is -0.301 e. The second-order valence-electron chi connectivity index (χ2n) is 2.62. The van der Waals surface area contributed by atoms with Gasteiger partial charge in [-0.25, -0.2) is 9.37 Å². The number of nitrogens with zero attached hydrogens (tertiary/aromatic N) is 2. The normalized spacial score (nSPS) is 10.6. The second kappa shape index (κ2) is 3.30. The van der Waals surface area contributed by atoms with Crippen molar-refractivity contribution >= 4 is 28.0 Å². The van der Waals surface area contributed by atoms with Gasteiger partial charge in [0, 0.05) is 6.07 Å². The van der Waals surface area contributed by atoms with Crippen molar-refractivity contribution in [1.29, 1.82) is 0 Å². The average Bonchev–Trinajstić information content (AvgIpc) is 2.45. The van der Waals surface area contributed by atoms with Gasteiger partial charge in [0.05, 0.1) is 18.3 Å².